The number of thiocarbonyl (C=S) groups is 1. The Bertz CT molecular complexity index is 360. The Morgan fingerprint density at radius 1 is 1.41 bits per heavy atom. The third-order valence-corrected chi connectivity index (χ3v) is 5.12. The van der Waals surface area contributed by atoms with Crippen LogP contribution in [0.25, 0.3) is 0 Å². The summed E-state index contributed by atoms with van der Waals surface area (Å²) in [6.45, 7) is 4.62. The van der Waals surface area contributed by atoms with Crippen molar-refractivity contribution in [2.24, 2.45) is 11.7 Å². The van der Waals surface area contributed by atoms with E-state index in [1.807, 2.05) is 13.8 Å². The van der Waals surface area contributed by atoms with Gasteiger partial charge in [-0.1, -0.05) is 38.9 Å². The molecule has 17 heavy (non-hydrogen) atoms. The van der Waals surface area contributed by atoms with Crippen LogP contribution in [0.1, 0.15) is 39.5 Å². The van der Waals surface area contributed by atoms with Crippen LogP contribution in [0.5, 0.6) is 0 Å². The minimum Gasteiger partial charge on any atom is -0.392 e. The molecule has 0 saturated heterocycles. The number of hydrogen-bond donors (Lipinski definition) is 1. The van der Waals surface area contributed by atoms with E-state index in [0.29, 0.717) is 12.5 Å². The lowest BCUT2D eigenvalue weighted by molar-refractivity contribution is 0.294. The summed E-state index contributed by atoms with van der Waals surface area (Å²) in [4.78, 5) is 0.0525. The maximum absolute atomic E-state index is 12.2. The van der Waals surface area contributed by atoms with Crippen molar-refractivity contribution in [1.29, 1.82) is 0 Å². The zero-order chi connectivity index (χ0) is 13.1. The lowest BCUT2D eigenvalue weighted by Crippen LogP contribution is -2.44. The van der Waals surface area contributed by atoms with Crippen LogP contribution in [-0.4, -0.2) is 36.1 Å². The van der Waals surface area contributed by atoms with Crippen molar-refractivity contribution in [3.63, 3.8) is 0 Å². The van der Waals surface area contributed by atoms with Gasteiger partial charge >= 0.3 is 0 Å². The number of hydrogen-bond acceptors (Lipinski definition) is 3. The van der Waals surface area contributed by atoms with Crippen LogP contribution < -0.4 is 5.73 Å². The van der Waals surface area contributed by atoms with Crippen molar-refractivity contribution >= 4 is 27.2 Å². The summed E-state index contributed by atoms with van der Waals surface area (Å²) in [5.74, 6) is 0.114. The largest absolute Gasteiger partial charge is 0.392 e. The second-order valence-electron chi connectivity index (χ2n) is 5.12. The first kappa shape index (κ1) is 14.9. The van der Waals surface area contributed by atoms with Crippen LogP contribution >= 0.6 is 12.2 Å². The molecule has 1 saturated carbocycles. The highest BCUT2D eigenvalue weighted by Gasteiger charge is 2.32. The highest BCUT2D eigenvalue weighted by atomic mass is 32.2. The fraction of sp³-hybridized carbons (Fsp3) is 0.909. The molecule has 2 N–H and O–H groups in total. The first-order valence-corrected chi connectivity index (χ1v) is 8.12. The van der Waals surface area contributed by atoms with E-state index in [1.165, 1.54) is 0 Å². The van der Waals surface area contributed by atoms with E-state index in [-0.39, 0.29) is 16.8 Å². The summed E-state index contributed by atoms with van der Waals surface area (Å²) >= 11 is 4.72. The van der Waals surface area contributed by atoms with Crippen molar-refractivity contribution < 1.29 is 8.42 Å². The lowest BCUT2D eigenvalue weighted by Gasteiger charge is -2.29. The van der Waals surface area contributed by atoms with Crippen LogP contribution in [0.4, 0.5) is 0 Å². The summed E-state index contributed by atoms with van der Waals surface area (Å²) in [6.07, 6.45) is 4.15. The molecule has 100 valence electrons. The first-order valence-electron chi connectivity index (χ1n) is 6.10. The van der Waals surface area contributed by atoms with Gasteiger partial charge in [0, 0.05) is 12.6 Å². The van der Waals surface area contributed by atoms with E-state index in [0.717, 1.165) is 25.7 Å². The average Bonchev–Trinajstić information content (AvgIpc) is 2.63. The van der Waals surface area contributed by atoms with Crippen LogP contribution in [0, 0.1) is 5.92 Å². The molecule has 0 heterocycles. The van der Waals surface area contributed by atoms with E-state index in [9.17, 15) is 8.42 Å². The molecule has 4 nitrogen and oxygen atoms in total. The Morgan fingerprint density at radius 2 is 1.94 bits per heavy atom. The fourth-order valence-electron chi connectivity index (χ4n) is 2.30. The van der Waals surface area contributed by atoms with Gasteiger partial charge in [0.05, 0.1) is 4.99 Å². The number of sulfonamides is 1. The van der Waals surface area contributed by atoms with E-state index < -0.39 is 10.0 Å². The van der Waals surface area contributed by atoms with Crippen LogP contribution in [0.15, 0.2) is 0 Å². The highest BCUT2D eigenvalue weighted by molar-refractivity contribution is 7.92. The zero-order valence-electron chi connectivity index (χ0n) is 10.6. The predicted octanol–water partition coefficient (Wildman–Crippen LogP) is 1.50. The lowest BCUT2D eigenvalue weighted by atomic mass is 10.2. The van der Waals surface area contributed by atoms with Gasteiger partial charge < -0.3 is 5.73 Å². The standard InChI is InChI=1S/C11H22N2O2S2/c1-9(2)7-13(10-5-3-4-6-10)17(14,15)8-11(12)16/h9-10H,3-8H2,1-2H3,(H2,12,16). The van der Waals surface area contributed by atoms with Gasteiger partial charge in [-0.3, -0.25) is 0 Å². The normalized spacial score (nSPS) is 18.1. The van der Waals surface area contributed by atoms with Gasteiger partial charge in [-0.15, -0.1) is 0 Å². The number of rotatable bonds is 6. The maximum Gasteiger partial charge on any atom is 0.220 e. The molecule has 0 aromatic carbocycles. The van der Waals surface area contributed by atoms with Crippen molar-refractivity contribution in [2.75, 3.05) is 12.3 Å². The molecule has 0 aromatic heterocycles. The molecule has 0 radical (unpaired) electrons. The molecule has 0 spiro atoms. The molecule has 0 amide bonds. The number of nitrogens with zero attached hydrogens (tertiary/aromatic N) is 1. The van der Waals surface area contributed by atoms with Crippen molar-refractivity contribution in [1.82, 2.24) is 4.31 Å². The minimum absolute atomic E-state index is 0.0525. The van der Waals surface area contributed by atoms with E-state index in [4.69, 9.17) is 18.0 Å². The van der Waals surface area contributed by atoms with Crippen molar-refractivity contribution in [2.45, 2.75) is 45.6 Å². The molecule has 6 heteroatoms. The number of nitrogens with two attached hydrogens (primary N) is 1. The summed E-state index contributed by atoms with van der Waals surface area (Å²) in [6, 6.07) is 0.150. The summed E-state index contributed by atoms with van der Waals surface area (Å²) in [5.41, 5.74) is 5.37. The summed E-state index contributed by atoms with van der Waals surface area (Å²) in [7, 11) is -3.33. The van der Waals surface area contributed by atoms with Crippen LogP contribution in [-0.2, 0) is 10.0 Å². The molecule has 1 fully saturated rings. The average molecular weight is 278 g/mol. The summed E-state index contributed by atoms with van der Waals surface area (Å²) in [5, 5.41) is 0. The topological polar surface area (TPSA) is 63.4 Å². The molecule has 0 aliphatic heterocycles. The quantitative estimate of drug-likeness (QED) is 0.748. The molecule has 1 aliphatic rings. The van der Waals surface area contributed by atoms with Gasteiger partial charge in [-0.05, 0) is 18.8 Å². The van der Waals surface area contributed by atoms with Gasteiger partial charge in [-0.25, -0.2) is 8.42 Å². The third kappa shape index (κ3) is 4.52. The molecular formula is C11H22N2O2S2. The Morgan fingerprint density at radius 3 is 2.35 bits per heavy atom. The molecule has 0 atom stereocenters. The minimum atomic E-state index is -3.33. The first-order chi connectivity index (χ1) is 7.83. The van der Waals surface area contributed by atoms with Gasteiger partial charge in [0.1, 0.15) is 5.75 Å². The Hall–Kier alpha value is -0.200. The molecule has 1 rings (SSSR count). The Balaban J connectivity index is 2.84. The van der Waals surface area contributed by atoms with Gasteiger partial charge in [-0.2, -0.15) is 4.31 Å². The van der Waals surface area contributed by atoms with Crippen molar-refractivity contribution in [3.05, 3.63) is 0 Å². The smallest absolute Gasteiger partial charge is 0.220 e. The molecule has 0 aromatic rings. The van der Waals surface area contributed by atoms with Gasteiger partial charge in [0.15, 0.2) is 0 Å². The van der Waals surface area contributed by atoms with Crippen LogP contribution in [0.2, 0.25) is 0 Å². The Kier molecular flexibility index (Phi) is 5.34. The maximum atomic E-state index is 12.2. The predicted molar refractivity (Wildman–Crippen MR) is 74.4 cm³/mol. The monoisotopic (exact) mass is 278 g/mol. The van der Waals surface area contributed by atoms with Crippen molar-refractivity contribution in [3.8, 4) is 0 Å². The van der Waals surface area contributed by atoms with Gasteiger partial charge in [0.25, 0.3) is 0 Å². The van der Waals surface area contributed by atoms with Crippen LogP contribution in [0.3, 0.4) is 0 Å². The zero-order valence-corrected chi connectivity index (χ0v) is 12.2. The molecule has 0 bridgehead atoms. The van der Waals surface area contributed by atoms with E-state index >= 15 is 0 Å². The SMILES string of the molecule is CC(C)CN(C1CCCC1)S(=O)(=O)CC(N)=S. The highest BCUT2D eigenvalue weighted by Crippen LogP contribution is 2.26. The fourth-order valence-corrected chi connectivity index (χ4v) is 4.47. The molecule has 0 unspecified atom stereocenters. The van der Waals surface area contributed by atoms with E-state index in [2.05, 4.69) is 0 Å². The van der Waals surface area contributed by atoms with E-state index in [1.54, 1.807) is 4.31 Å². The summed E-state index contributed by atoms with van der Waals surface area (Å²) < 4.78 is 26.1. The Labute approximate surface area is 110 Å². The second kappa shape index (κ2) is 6.11. The second-order valence-corrected chi connectivity index (χ2v) is 7.57. The molecule has 1 aliphatic carbocycles. The van der Waals surface area contributed by atoms with Gasteiger partial charge in [0.2, 0.25) is 10.0 Å². The third-order valence-electron chi connectivity index (χ3n) is 2.96. The molecular weight excluding hydrogens is 256 g/mol.